The predicted octanol–water partition coefficient (Wildman–Crippen LogP) is 7.03. The molecular weight excluding hydrogens is 466 g/mol. The first-order valence-electron chi connectivity index (χ1n) is 11.6. The molecule has 1 amide bonds. The van der Waals surface area contributed by atoms with Crippen molar-refractivity contribution >= 4 is 23.4 Å². The van der Waals surface area contributed by atoms with Crippen molar-refractivity contribution in [3.05, 3.63) is 95.6 Å². The summed E-state index contributed by atoms with van der Waals surface area (Å²) in [5.74, 6) is 0.589. The minimum Gasteiger partial charge on any atom is -0.497 e. The highest BCUT2D eigenvalue weighted by atomic mass is 32.2. The second-order valence-corrected chi connectivity index (χ2v) is 9.82. The number of hydrogen-bond donors (Lipinski definition) is 1. The minimum atomic E-state index is -0.471. The number of ether oxygens (including phenoxy) is 1. The van der Waals surface area contributed by atoms with Crippen LogP contribution >= 0.6 is 11.8 Å². The van der Waals surface area contributed by atoms with Crippen LogP contribution in [0.2, 0.25) is 0 Å². The van der Waals surface area contributed by atoms with E-state index in [0.29, 0.717) is 10.6 Å². The van der Waals surface area contributed by atoms with Gasteiger partial charge in [-0.2, -0.15) is 5.26 Å². The van der Waals surface area contributed by atoms with E-state index in [1.165, 1.54) is 17.3 Å². The van der Waals surface area contributed by atoms with Crippen LogP contribution in [0.1, 0.15) is 23.6 Å². The monoisotopic (exact) mass is 493 g/mol. The maximum atomic E-state index is 13.0. The van der Waals surface area contributed by atoms with Crippen molar-refractivity contribution < 1.29 is 9.53 Å². The normalized spacial score (nSPS) is 11.4. The number of benzene rings is 3. The average molecular weight is 494 g/mol. The highest BCUT2D eigenvalue weighted by Crippen LogP contribution is 2.36. The Morgan fingerprint density at radius 2 is 1.69 bits per heavy atom. The molecule has 3 aromatic carbocycles. The van der Waals surface area contributed by atoms with E-state index in [0.717, 1.165) is 39.4 Å². The Balaban J connectivity index is 1.71. The van der Waals surface area contributed by atoms with Gasteiger partial charge in [0.25, 0.3) is 0 Å². The molecule has 1 heterocycles. The molecule has 1 unspecified atom stereocenters. The van der Waals surface area contributed by atoms with Gasteiger partial charge in [-0.05, 0) is 67.8 Å². The summed E-state index contributed by atoms with van der Waals surface area (Å²) in [5, 5.41) is 13.2. The van der Waals surface area contributed by atoms with Crippen molar-refractivity contribution in [1.29, 1.82) is 5.26 Å². The number of hydrogen-bond acceptors (Lipinski definition) is 5. The third kappa shape index (κ3) is 5.59. The van der Waals surface area contributed by atoms with E-state index in [-0.39, 0.29) is 5.91 Å². The molecule has 4 rings (SSSR count). The van der Waals surface area contributed by atoms with Crippen molar-refractivity contribution in [3.8, 4) is 34.2 Å². The van der Waals surface area contributed by atoms with Crippen LogP contribution in [0.5, 0.6) is 5.75 Å². The molecule has 0 fully saturated rings. The van der Waals surface area contributed by atoms with Gasteiger partial charge in [0.2, 0.25) is 5.91 Å². The molecule has 0 saturated heterocycles. The summed E-state index contributed by atoms with van der Waals surface area (Å²) < 4.78 is 5.29. The maximum absolute atomic E-state index is 13.0. The number of amides is 1. The smallest absolute Gasteiger partial charge is 0.237 e. The predicted molar refractivity (Wildman–Crippen MR) is 146 cm³/mol. The van der Waals surface area contributed by atoms with Gasteiger partial charge in [-0.1, -0.05) is 60.3 Å². The van der Waals surface area contributed by atoms with Crippen LogP contribution in [-0.4, -0.2) is 23.3 Å². The number of anilines is 1. The van der Waals surface area contributed by atoms with Crippen molar-refractivity contribution in [1.82, 2.24) is 4.98 Å². The van der Waals surface area contributed by atoms with Gasteiger partial charge < -0.3 is 10.1 Å². The van der Waals surface area contributed by atoms with Crippen LogP contribution in [0.3, 0.4) is 0 Å². The summed E-state index contributed by atoms with van der Waals surface area (Å²) in [6, 6.07) is 27.5. The summed E-state index contributed by atoms with van der Waals surface area (Å²) in [4.78, 5) is 17.9. The Hall–Kier alpha value is -4.08. The number of carbonyl (C=O) groups excluding carboxylic acids is 1. The number of aryl methyl sites for hydroxylation is 2. The fourth-order valence-corrected chi connectivity index (χ4v) is 4.68. The maximum Gasteiger partial charge on any atom is 0.237 e. The molecule has 1 atom stereocenters. The number of aromatic nitrogens is 1. The van der Waals surface area contributed by atoms with E-state index in [2.05, 4.69) is 11.4 Å². The Labute approximate surface area is 216 Å². The van der Waals surface area contributed by atoms with Crippen LogP contribution in [-0.2, 0) is 4.79 Å². The van der Waals surface area contributed by atoms with E-state index in [9.17, 15) is 10.1 Å². The topological polar surface area (TPSA) is 75.0 Å². The first kappa shape index (κ1) is 25.0. The van der Waals surface area contributed by atoms with E-state index in [1.54, 1.807) is 7.11 Å². The van der Waals surface area contributed by atoms with Crippen molar-refractivity contribution in [2.45, 2.75) is 31.0 Å². The molecule has 180 valence electrons. The van der Waals surface area contributed by atoms with Gasteiger partial charge in [0.05, 0.1) is 23.6 Å². The van der Waals surface area contributed by atoms with Gasteiger partial charge in [-0.3, -0.25) is 4.79 Å². The SMILES string of the molecule is COc1ccc(-c2cc(-c3ccccc3)nc(SC(C)C(=O)Nc3ccc(C)c(C)c3)c2C#N)cc1. The van der Waals surface area contributed by atoms with Crippen molar-refractivity contribution in [3.63, 3.8) is 0 Å². The fourth-order valence-electron chi connectivity index (χ4n) is 3.75. The lowest BCUT2D eigenvalue weighted by Crippen LogP contribution is -2.22. The molecule has 5 nitrogen and oxygen atoms in total. The second kappa shape index (κ2) is 11.1. The minimum absolute atomic E-state index is 0.148. The molecule has 1 aromatic heterocycles. The Morgan fingerprint density at radius 3 is 2.33 bits per heavy atom. The lowest BCUT2D eigenvalue weighted by molar-refractivity contribution is -0.115. The first-order chi connectivity index (χ1) is 17.4. The van der Waals surface area contributed by atoms with Crippen molar-refractivity contribution in [2.75, 3.05) is 12.4 Å². The molecular formula is C30H27N3O2S. The number of carbonyl (C=O) groups is 1. The highest BCUT2D eigenvalue weighted by molar-refractivity contribution is 8.00. The summed E-state index contributed by atoms with van der Waals surface area (Å²) in [6.07, 6.45) is 0. The summed E-state index contributed by atoms with van der Waals surface area (Å²) in [5.41, 5.74) is 6.79. The Bertz CT molecular complexity index is 1430. The molecule has 0 saturated carbocycles. The molecule has 1 N–H and O–H groups in total. The molecule has 0 aliphatic carbocycles. The number of nitrogens with one attached hydrogen (secondary N) is 1. The molecule has 0 spiro atoms. The van der Waals surface area contributed by atoms with Gasteiger partial charge in [0.1, 0.15) is 16.8 Å². The third-order valence-electron chi connectivity index (χ3n) is 6.00. The number of methoxy groups -OCH3 is 1. The molecule has 6 heteroatoms. The summed E-state index contributed by atoms with van der Waals surface area (Å²) in [6.45, 7) is 5.88. The average Bonchev–Trinajstić information content (AvgIpc) is 2.90. The number of nitriles is 1. The molecule has 0 aliphatic heterocycles. The van der Waals surface area contributed by atoms with Gasteiger partial charge >= 0.3 is 0 Å². The highest BCUT2D eigenvalue weighted by Gasteiger charge is 2.21. The third-order valence-corrected chi connectivity index (χ3v) is 7.09. The zero-order valence-electron chi connectivity index (χ0n) is 20.7. The number of rotatable bonds is 7. The van der Waals surface area contributed by atoms with Gasteiger partial charge in [-0.25, -0.2) is 4.98 Å². The van der Waals surface area contributed by atoms with Crippen LogP contribution in [0.4, 0.5) is 5.69 Å². The van der Waals surface area contributed by atoms with E-state index >= 15 is 0 Å². The molecule has 36 heavy (non-hydrogen) atoms. The van der Waals surface area contributed by atoms with Crippen LogP contribution in [0.15, 0.2) is 83.9 Å². The van der Waals surface area contributed by atoms with Crippen LogP contribution in [0.25, 0.3) is 22.4 Å². The van der Waals surface area contributed by atoms with E-state index < -0.39 is 5.25 Å². The molecule has 0 radical (unpaired) electrons. The Kier molecular flexibility index (Phi) is 7.72. The molecule has 0 aliphatic rings. The van der Waals surface area contributed by atoms with Gasteiger partial charge in [-0.15, -0.1) is 0 Å². The lowest BCUT2D eigenvalue weighted by Gasteiger charge is -2.16. The number of nitrogens with zero attached hydrogens (tertiary/aromatic N) is 2. The van der Waals surface area contributed by atoms with E-state index in [4.69, 9.17) is 9.72 Å². The van der Waals surface area contributed by atoms with Crippen molar-refractivity contribution in [2.24, 2.45) is 0 Å². The van der Waals surface area contributed by atoms with Crippen LogP contribution < -0.4 is 10.1 Å². The zero-order valence-corrected chi connectivity index (χ0v) is 21.5. The Morgan fingerprint density at radius 1 is 0.972 bits per heavy atom. The largest absolute Gasteiger partial charge is 0.497 e. The first-order valence-corrected chi connectivity index (χ1v) is 12.5. The van der Waals surface area contributed by atoms with Gasteiger partial charge in [0.15, 0.2) is 0 Å². The zero-order chi connectivity index (χ0) is 25.7. The molecule has 0 bridgehead atoms. The quantitative estimate of drug-likeness (QED) is 0.280. The van der Waals surface area contributed by atoms with E-state index in [1.807, 2.05) is 99.6 Å². The second-order valence-electron chi connectivity index (χ2n) is 8.49. The van der Waals surface area contributed by atoms with Crippen LogP contribution in [0, 0.1) is 25.2 Å². The standard InChI is InChI=1S/C30H27N3O2S/c1-19-10-13-24(16-20(19)2)32-29(34)21(3)36-30-27(18-31)26(22-11-14-25(35-4)15-12-22)17-28(33-30)23-8-6-5-7-9-23/h5-17,21H,1-4H3,(H,32,34). The summed E-state index contributed by atoms with van der Waals surface area (Å²) >= 11 is 1.28. The number of thioether (sulfide) groups is 1. The number of pyridine rings is 1. The summed E-state index contributed by atoms with van der Waals surface area (Å²) in [7, 11) is 1.62. The lowest BCUT2D eigenvalue weighted by atomic mass is 9.99. The van der Waals surface area contributed by atoms with Gasteiger partial charge in [0, 0.05) is 16.8 Å². The molecule has 4 aromatic rings. The fraction of sp³-hybridized carbons (Fsp3) is 0.167.